The highest BCUT2D eigenvalue weighted by molar-refractivity contribution is 9.10. The molecule has 0 aliphatic carbocycles. The third kappa shape index (κ3) is 3.54. The highest BCUT2D eigenvalue weighted by Crippen LogP contribution is 2.19. The molecule has 0 unspecified atom stereocenters. The van der Waals surface area contributed by atoms with Crippen LogP contribution in [0.3, 0.4) is 0 Å². The number of aromatic nitrogens is 1. The molecule has 0 aliphatic heterocycles. The Bertz CT molecular complexity index is 613. The maximum atomic E-state index is 11.1. The zero-order valence-electron chi connectivity index (χ0n) is 10.3. The predicted octanol–water partition coefficient (Wildman–Crippen LogP) is 3.43. The van der Waals surface area contributed by atoms with Gasteiger partial charge in [0.15, 0.2) is 0 Å². The summed E-state index contributed by atoms with van der Waals surface area (Å²) < 4.78 is 6.46. The lowest BCUT2D eigenvalue weighted by atomic mass is 10.2. The van der Waals surface area contributed by atoms with Crippen LogP contribution < -0.4 is 4.74 Å². The summed E-state index contributed by atoms with van der Waals surface area (Å²) in [6, 6.07) is 10.8. The fourth-order valence-electron chi connectivity index (χ4n) is 1.58. The van der Waals surface area contributed by atoms with Gasteiger partial charge in [0.05, 0.1) is 0 Å². The van der Waals surface area contributed by atoms with Gasteiger partial charge >= 0.3 is 5.97 Å². The van der Waals surface area contributed by atoms with Crippen molar-refractivity contribution in [3.63, 3.8) is 0 Å². The first kappa shape index (κ1) is 13.5. The van der Waals surface area contributed by atoms with Crippen LogP contribution >= 0.6 is 15.9 Å². The molecule has 2 rings (SSSR count). The average Bonchev–Trinajstić information content (AvgIpc) is 2.36. The van der Waals surface area contributed by atoms with Crippen LogP contribution in [-0.2, 0) is 6.61 Å². The minimum Gasteiger partial charge on any atom is -0.477 e. The molecule has 0 amide bonds. The van der Waals surface area contributed by atoms with Crippen LogP contribution in [0, 0.1) is 6.92 Å². The van der Waals surface area contributed by atoms with Crippen molar-refractivity contribution in [1.29, 1.82) is 0 Å². The number of aromatic carboxylic acids is 1. The number of halogens is 1. The van der Waals surface area contributed by atoms with Crippen molar-refractivity contribution in [3.05, 3.63) is 57.7 Å². The first-order chi connectivity index (χ1) is 9.06. The van der Waals surface area contributed by atoms with E-state index in [4.69, 9.17) is 9.84 Å². The molecule has 1 aromatic heterocycles. The van der Waals surface area contributed by atoms with E-state index in [0.29, 0.717) is 5.69 Å². The molecule has 5 heteroatoms. The predicted molar refractivity (Wildman–Crippen MR) is 74.4 cm³/mol. The van der Waals surface area contributed by atoms with Gasteiger partial charge in [-0.25, -0.2) is 9.78 Å². The van der Waals surface area contributed by atoms with Crippen LogP contribution in [0.1, 0.15) is 21.6 Å². The highest BCUT2D eigenvalue weighted by Gasteiger charge is 2.13. The van der Waals surface area contributed by atoms with Crippen LogP contribution in [0.5, 0.6) is 5.88 Å². The van der Waals surface area contributed by atoms with Crippen LogP contribution in [0.4, 0.5) is 0 Å². The van der Waals surface area contributed by atoms with Gasteiger partial charge in [-0.1, -0.05) is 28.1 Å². The lowest BCUT2D eigenvalue weighted by Gasteiger charge is -2.09. The summed E-state index contributed by atoms with van der Waals surface area (Å²) in [7, 11) is 0. The summed E-state index contributed by atoms with van der Waals surface area (Å²) in [5, 5.41) is 9.07. The Balaban J connectivity index is 2.19. The van der Waals surface area contributed by atoms with E-state index in [1.807, 2.05) is 24.3 Å². The van der Waals surface area contributed by atoms with Gasteiger partial charge in [-0.2, -0.15) is 0 Å². The first-order valence-electron chi connectivity index (χ1n) is 5.64. The van der Waals surface area contributed by atoms with E-state index >= 15 is 0 Å². The lowest BCUT2D eigenvalue weighted by molar-refractivity contribution is 0.0690. The van der Waals surface area contributed by atoms with Gasteiger partial charge < -0.3 is 9.84 Å². The second-order valence-electron chi connectivity index (χ2n) is 4.03. The van der Waals surface area contributed by atoms with Crippen molar-refractivity contribution in [3.8, 4) is 5.88 Å². The van der Waals surface area contributed by atoms with Gasteiger partial charge in [-0.05, 0) is 36.8 Å². The fraction of sp³-hybridized carbons (Fsp3) is 0.143. The number of carboxylic acids is 1. The maximum absolute atomic E-state index is 11.1. The minimum absolute atomic E-state index is 0.0700. The van der Waals surface area contributed by atoms with Crippen molar-refractivity contribution in [1.82, 2.24) is 4.98 Å². The van der Waals surface area contributed by atoms with E-state index in [-0.39, 0.29) is 18.1 Å². The van der Waals surface area contributed by atoms with Gasteiger partial charge in [-0.15, -0.1) is 0 Å². The van der Waals surface area contributed by atoms with Crippen LogP contribution in [-0.4, -0.2) is 16.1 Å². The Morgan fingerprint density at radius 2 is 2.16 bits per heavy atom. The molecule has 0 spiro atoms. The summed E-state index contributed by atoms with van der Waals surface area (Å²) in [6.07, 6.45) is 0. The van der Waals surface area contributed by atoms with Gasteiger partial charge in [0, 0.05) is 10.2 Å². The summed E-state index contributed by atoms with van der Waals surface area (Å²) in [6.45, 7) is 2.06. The normalized spacial score (nSPS) is 10.2. The topological polar surface area (TPSA) is 59.4 Å². The molecule has 2 aromatic rings. The Hall–Kier alpha value is -1.88. The highest BCUT2D eigenvalue weighted by atomic mass is 79.9. The second kappa shape index (κ2) is 5.84. The number of nitrogens with zero attached hydrogens (tertiary/aromatic N) is 1. The van der Waals surface area contributed by atoms with Crippen LogP contribution in [0.15, 0.2) is 40.9 Å². The lowest BCUT2D eigenvalue weighted by Crippen LogP contribution is -2.06. The smallest absolute Gasteiger partial charge is 0.341 e. The Morgan fingerprint density at radius 1 is 1.37 bits per heavy atom. The summed E-state index contributed by atoms with van der Waals surface area (Å²) in [5.74, 6) is -0.899. The number of rotatable bonds is 4. The van der Waals surface area contributed by atoms with E-state index in [1.165, 1.54) is 6.07 Å². The SMILES string of the molecule is Cc1ccc(C(=O)O)c(OCc2cccc(Br)c2)n1. The molecular weight excluding hydrogens is 310 g/mol. The Morgan fingerprint density at radius 3 is 2.84 bits per heavy atom. The maximum Gasteiger partial charge on any atom is 0.341 e. The number of benzene rings is 1. The molecule has 0 aliphatic rings. The van der Waals surface area contributed by atoms with E-state index < -0.39 is 5.97 Å². The number of ether oxygens (including phenoxy) is 1. The molecule has 0 saturated carbocycles. The number of hydrogen-bond acceptors (Lipinski definition) is 3. The quantitative estimate of drug-likeness (QED) is 0.937. The van der Waals surface area contributed by atoms with Crippen molar-refractivity contribution < 1.29 is 14.6 Å². The standard InChI is InChI=1S/C14H12BrNO3/c1-9-5-6-12(14(17)18)13(16-9)19-8-10-3-2-4-11(15)7-10/h2-7H,8H2,1H3,(H,17,18). The van der Waals surface area contributed by atoms with E-state index in [1.54, 1.807) is 13.0 Å². The third-order valence-electron chi connectivity index (χ3n) is 2.49. The summed E-state index contributed by atoms with van der Waals surface area (Å²) >= 11 is 3.37. The summed E-state index contributed by atoms with van der Waals surface area (Å²) in [4.78, 5) is 15.2. The van der Waals surface area contributed by atoms with E-state index in [9.17, 15) is 4.79 Å². The number of carboxylic acid groups (broad SMARTS) is 1. The monoisotopic (exact) mass is 321 g/mol. The van der Waals surface area contributed by atoms with Crippen molar-refractivity contribution in [2.24, 2.45) is 0 Å². The molecule has 0 radical (unpaired) electrons. The van der Waals surface area contributed by atoms with Gasteiger partial charge in [0.2, 0.25) is 5.88 Å². The molecule has 1 N–H and O–H groups in total. The number of hydrogen-bond donors (Lipinski definition) is 1. The van der Waals surface area contributed by atoms with E-state index in [2.05, 4.69) is 20.9 Å². The molecule has 4 nitrogen and oxygen atoms in total. The van der Waals surface area contributed by atoms with Crippen molar-refractivity contribution >= 4 is 21.9 Å². The van der Waals surface area contributed by atoms with Gasteiger partial charge in [0.1, 0.15) is 12.2 Å². The molecule has 1 aromatic carbocycles. The number of carbonyl (C=O) groups is 1. The zero-order valence-corrected chi connectivity index (χ0v) is 11.8. The van der Waals surface area contributed by atoms with Crippen molar-refractivity contribution in [2.45, 2.75) is 13.5 Å². The molecule has 19 heavy (non-hydrogen) atoms. The molecule has 0 fully saturated rings. The van der Waals surface area contributed by atoms with Gasteiger partial charge in [-0.3, -0.25) is 0 Å². The molecule has 0 atom stereocenters. The Labute approximate surface area is 119 Å². The minimum atomic E-state index is -1.04. The second-order valence-corrected chi connectivity index (χ2v) is 4.94. The molecule has 0 bridgehead atoms. The van der Waals surface area contributed by atoms with Crippen LogP contribution in [0.2, 0.25) is 0 Å². The molecule has 98 valence electrons. The Kier molecular flexibility index (Phi) is 4.16. The largest absolute Gasteiger partial charge is 0.477 e. The average molecular weight is 322 g/mol. The van der Waals surface area contributed by atoms with Gasteiger partial charge in [0.25, 0.3) is 0 Å². The summed E-state index contributed by atoms with van der Waals surface area (Å²) in [5.41, 5.74) is 1.73. The number of aryl methyl sites for hydroxylation is 1. The first-order valence-corrected chi connectivity index (χ1v) is 6.44. The molecule has 0 saturated heterocycles. The fourth-order valence-corrected chi connectivity index (χ4v) is 2.03. The molecular formula is C14H12BrNO3. The van der Waals surface area contributed by atoms with Crippen molar-refractivity contribution in [2.75, 3.05) is 0 Å². The molecule has 1 heterocycles. The van der Waals surface area contributed by atoms with Crippen LogP contribution in [0.25, 0.3) is 0 Å². The third-order valence-corrected chi connectivity index (χ3v) is 2.99. The number of pyridine rings is 1. The van der Waals surface area contributed by atoms with E-state index in [0.717, 1.165) is 10.0 Å². The zero-order chi connectivity index (χ0) is 13.8.